The van der Waals surface area contributed by atoms with Gasteiger partial charge in [0.05, 0.1) is 42.5 Å². The predicted octanol–water partition coefficient (Wildman–Crippen LogP) is 5.62. The van der Waals surface area contributed by atoms with Gasteiger partial charge in [0.15, 0.2) is 17.2 Å². The number of carbonyl (C=O) groups is 2. The van der Waals surface area contributed by atoms with E-state index in [-0.39, 0.29) is 60.0 Å². The van der Waals surface area contributed by atoms with E-state index in [1.165, 1.54) is 7.11 Å². The topological polar surface area (TPSA) is 103 Å². The van der Waals surface area contributed by atoms with Crippen LogP contribution in [0.2, 0.25) is 5.02 Å². The molecule has 1 atom stereocenters. The molecule has 5 rings (SSSR count). The van der Waals surface area contributed by atoms with Gasteiger partial charge in [0.1, 0.15) is 12.1 Å². The highest BCUT2D eigenvalue weighted by Crippen LogP contribution is 2.30. The molecule has 1 saturated carbocycles. The fourth-order valence-corrected chi connectivity index (χ4v) is 5.49. The maximum absolute atomic E-state index is 15.2. The van der Waals surface area contributed by atoms with Crippen LogP contribution in [0.1, 0.15) is 44.1 Å². The second-order valence-electron chi connectivity index (χ2n) is 10.3. The maximum atomic E-state index is 15.2. The van der Waals surface area contributed by atoms with Gasteiger partial charge in [-0.05, 0) is 62.3 Å². The predicted molar refractivity (Wildman–Crippen MR) is 147 cm³/mol. The van der Waals surface area contributed by atoms with Crippen LogP contribution < -0.4 is 5.32 Å². The molecule has 2 heterocycles. The molecule has 3 aromatic rings. The monoisotopic (exact) mass is 573 g/mol. The quantitative estimate of drug-likeness (QED) is 0.293. The minimum Gasteiger partial charge on any atom is -0.469 e. The van der Waals surface area contributed by atoms with Crippen molar-refractivity contribution < 1.29 is 32.7 Å². The number of Topliss-reactive ketones (excluding diaryl/α,β-unsaturated/α-hetero) is 1. The van der Waals surface area contributed by atoms with Gasteiger partial charge in [0.2, 0.25) is 0 Å². The van der Waals surface area contributed by atoms with Crippen LogP contribution in [0.5, 0.6) is 0 Å². The first-order valence-electron chi connectivity index (χ1n) is 13.6. The molecule has 0 amide bonds. The molecule has 1 aliphatic heterocycles. The van der Waals surface area contributed by atoms with Crippen LogP contribution in [0, 0.1) is 11.7 Å². The number of ketones is 1. The number of nitrogens with zero attached hydrogens (tertiary/aromatic N) is 2. The zero-order chi connectivity index (χ0) is 28.1. The van der Waals surface area contributed by atoms with Crippen LogP contribution in [0.4, 0.5) is 16.1 Å². The summed E-state index contributed by atoms with van der Waals surface area (Å²) in [6.45, 7) is 1.05. The van der Waals surface area contributed by atoms with Crippen molar-refractivity contribution in [1.29, 1.82) is 0 Å². The minimum absolute atomic E-state index is 0.0295. The summed E-state index contributed by atoms with van der Waals surface area (Å²) in [7, 11) is 1.42. The fourth-order valence-electron chi connectivity index (χ4n) is 5.31. The Morgan fingerprint density at radius 3 is 2.73 bits per heavy atom. The van der Waals surface area contributed by atoms with E-state index in [0.717, 1.165) is 38.5 Å². The molecule has 2 fully saturated rings. The van der Waals surface area contributed by atoms with Crippen molar-refractivity contribution in [2.75, 3.05) is 32.2 Å². The Balaban J connectivity index is 1.10. The maximum Gasteiger partial charge on any atom is 0.308 e. The Morgan fingerprint density at radius 1 is 1.15 bits per heavy atom. The highest BCUT2D eigenvalue weighted by molar-refractivity contribution is 6.33. The zero-order valence-electron chi connectivity index (χ0n) is 22.4. The first-order valence-corrected chi connectivity index (χ1v) is 14.0. The summed E-state index contributed by atoms with van der Waals surface area (Å²) >= 11 is 6.16. The van der Waals surface area contributed by atoms with Crippen LogP contribution in [-0.4, -0.2) is 60.8 Å². The van der Waals surface area contributed by atoms with Gasteiger partial charge < -0.3 is 19.2 Å². The number of esters is 1. The number of methoxy groups -OCH3 is 1. The summed E-state index contributed by atoms with van der Waals surface area (Å²) in [4.78, 5) is 34.5. The Labute approximate surface area is 236 Å². The third kappa shape index (κ3) is 6.80. The van der Waals surface area contributed by atoms with Crippen LogP contribution in [0.3, 0.4) is 0 Å². The lowest BCUT2D eigenvalue weighted by molar-refractivity contribution is -0.186. The van der Waals surface area contributed by atoms with Crippen LogP contribution in [-0.2, 0) is 30.3 Å². The van der Waals surface area contributed by atoms with Crippen molar-refractivity contribution in [1.82, 2.24) is 10.0 Å². The first kappa shape index (κ1) is 28.5. The number of oxazole rings is 1. The average Bonchev–Trinajstić information content (AvgIpc) is 3.60. The van der Waals surface area contributed by atoms with Gasteiger partial charge in [-0.3, -0.25) is 14.4 Å². The molecule has 11 heteroatoms. The normalized spacial score (nSPS) is 21.5. The summed E-state index contributed by atoms with van der Waals surface area (Å²) in [5.74, 6) is -1.06. The summed E-state index contributed by atoms with van der Waals surface area (Å²) in [5, 5.41) is 5.23. The van der Waals surface area contributed by atoms with E-state index in [0.29, 0.717) is 29.4 Å². The fraction of sp³-hybridized carbons (Fsp3) is 0.483. The second-order valence-corrected chi connectivity index (χ2v) is 10.7. The minimum atomic E-state index is -0.625. The van der Waals surface area contributed by atoms with Gasteiger partial charge in [-0.2, -0.15) is 10.0 Å². The van der Waals surface area contributed by atoms with Gasteiger partial charge in [-0.25, -0.2) is 4.39 Å². The van der Waals surface area contributed by atoms with Crippen LogP contribution in [0.15, 0.2) is 40.8 Å². The van der Waals surface area contributed by atoms with Gasteiger partial charge in [0, 0.05) is 13.0 Å². The second kappa shape index (κ2) is 13.1. The lowest BCUT2D eigenvalue weighted by atomic mass is 9.87. The zero-order valence-corrected chi connectivity index (χ0v) is 23.1. The third-order valence-corrected chi connectivity index (χ3v) is 7.86. The Bertz CT molecular complexity index is 1340. The van der Waals surface area contributed by atoms with E-state index in [9.17, 15) is 9.59 Å². The van der Waals surface area contributed by atoms with Crippen molar-refractivity contribution in [2.45, 2.75) is 57.1 Å². The first-order chi connectivity index (χ1) is 19.4. The summed E-state index contributed by atoms with van der Waals surface area (Å²) in [6, 6.07) is 10.4. The van der Waals surface area contributed by atoms with E-state index in [1.54, 1.807) is 41.5 Å². The Kier molecular flexibility index (Phi) is 9.31. The number of hydroxylamine groups is 2. The van der Waals surface area contributed by atoms with Crippen molar-refractivity contribution in [3.8, 4) is 0 Å². The van der Waals surface area contributed by atoms with Gasteiger partial charge >= 0.3 is 5.97 Å². The number of para-hydroxylation sites is 1. The summed E-state index contributed by atoms with van der Waals surface area (Å²) < 4.78 is 31.8. The number of halogens is 2. The van der Waals surface area contributed by atoms with Crippen LogP contribution >= 0.6 is 11.6 Å². The number of anilines is 2. The molecule has 1 aromatic heterocycles. The van der Waals surface area contributed by atoms with E-state index in [4.69, 9.17) is 30.3 Å². The lowest BCUT2D eigenvalue weighted by Crippen LogP contribution is -2.37. The molecule has 0 unspecified atom stereocenters. The molecule has 1 aliphatic carbocycles. The molecule has 0 spiro atoms. The Morgan fingerprint density at radius 2 is 1.95 bits per heavy atom. The van der Waals surface area contributed by atoms with Crippen molar-refractivity contribution in [3.63, 3.8) is 0 Å². The molecule has 1 saturated heterocycles. The molecule has 2 aromatic carbocycles. The number of aromatic nitrogens is 1. The SMILES string of the molecule is COC(=O)[C@H]1CC[C@H](OC[C@@H]2CCCN2OCC(=O)Cc2ccc3nc(Nc4ccccc4Cl)oc3c2F)CC1. The number of ether oxygens (including phenoxy) is 2. The largest absolute Gasteiger partial charge is 0.469 e. The van der Waals surface area contributed by atoms with Crippen LogP contribution in [0.25, 0.3) is 11.1 Å². The standard InChI is InChI=1S/C29H33ClFN3O6/c1-37-28(36)18-8-11-22(12-9-18)38-16-20-5-4-14-34(20)39-17-21(35)15-19-10-13-25-27(26(19)31)40-29(33-25)32-24-7-3-2-6-23(24)30/h2-3,6-7,10,13,18,20,22H,4-5,8-9,11-12,14-17H2,1H3,(H,32,33)/t18-,20-,22-/m0/s1. The molecule has 0 radical (unpaired) electrons. The molecule has 0 bridgehead atoms. The molecular weight excluding hydrogens is 541 g/mol. The smallest absolute Gasteiger partial charge is 0.308 e. The molecule has 9 nitrogen and oxygen atoms in total. The number of rotatable bonds is 11. The number of benzene rings is 2. The lowest BCUT2D eigenvalue weighted by Gasteiger charge is -2.29. The molecular formula is C29H33ClFN3O6. The number of fused-ring (bicyclic) bond motifs is 1. The summed E-state index contributed by atoms with van der Waals surface area (Å²) in [5.41, 5.74) is 1.10. The van der Waals surface area contributed by atoms with E-state index in [2.05, 4.69) is 10.3 Å². The third-order valence-electron chi connectivity index (χ3n) is 7.53. The van der Waals surface area contributed by atoms with Gasteiger partial charge in [-0.1, -0.05) is 29.8 Å². The Hall–Kier alpha value is -3.05. The number of hydrogen-bond donors (Lipinski definition) is 1. The molecule has 40 heavy (non-hydrogen) atoms. The molecule has 2 aliphatic rings. The molecule has 1 N–H and O–H groups in total. The van der Waals surface area contributed by atoms with Crippen molar-refractivity contribution >= 4 is 46.2 Å². The number of hydrogen-bond acceptors (Lipinski definition) is 9. The summed E-state index contributed by atoms with van der Waals surface area (Å²) in [6.07, 6.45) is 5.02. The van der Waals surface area contributed by atoms with Crippen molar-refractivity contribution in [2.24, 2.45) is 5.92 Å². The highest BCUT2D eigenvalue weighted by atomic mass is 35.5. The van der Waals surface area contributed by atoms with Crippen molar-refractivity contribution in [3.05, 3.63) is 52.8 Å². The van der Waals surface area contributed by atoms with Gasteiger partial charge in [-0.15, -0.1) is 0 Å². The highest BCUT2D eigenvalue weighted by Gasteiger charge is 2.31. The van der Waals surface area contributed by atoms with E-state index >= 15 is 4.39 Å². The van der Waals surface area contributed by atoms with Gasteiger partial charge in [0.25, 0.3) is 6.01 Å². The number of carbonyl (C=O) groups excluding carboxylic acids is 2. The van der Waals surface area contributed by atoms with E-state index < -0.39 is 5.82 Å². The number of nitrogens with one attached hydrogen (secondary N) is 1. The average molecular weight is 574 g/mol. The van der Waals surface area contributed by atoms with E-state index in [1.807, 2.05) is 0 Å². The molecule has 214 valence electrons.